The summed E-state index contributed by atoms with van der Waals surface area (Å²) < 4.78 is 0. The van der Waals surface area contributed by atoms with Crippen LogP contribution in [0.1, 0.15) is 33.6 Å². The number of aliphatic carboxylic acids is 2. The molecule has 0 saturated carbocycles. The van der Waals surface area contributed by atoms with E-state index in [-0.39, 0.29) is 12.3 Å². The summed E-state index contributed by atoms with van der Waals surface area (Å²) in [6, 6.07) is -5.17. The van der Waals surface area contributed by atoms with Crippen molar-refractivity contribution in [3.8, 4) is 0 Å². The van der Waals surface area contributed by atoms with Gasteiger partial charge in [0.25, 0.3) is 0 Å². The van der Waals surface area contributed by atoms with Crippen molar-refractivity contribution in [2.75, 3.05) is 6.61 Å². The topological polar surface area (TPSA) is 208 Å². The van der Waals surface area contributed by atoms with Gasteiger partial charge in [-0.25, -0.2) is 4.79 Å². The van der Waals surface area contributed by atoms with Crippen LogP contribution in [0, 0.1) is 5.92 Å². The minimum Gasteiger partial charge on any atom is -0.481 e. The van der Waals surface area contributed by atoms with E-state index in [2.05, 4.69) is 10.6 Å². The molecule has 0 rings (SSSR count). The minimum absolute atomic E-state index is 0.00232. The summed E-state index contributed by atoms with van der Waals surface area (Å²) in [6.45, 7) is 4.17. The van der Waals surface area contributed by atoms with Gasteiger partial charge in [-0.3, -0.25) is 19.2 Å². The quantitative estimate of drug-likeness (QED) is 0.181. The van der Waals surface area contributed by atoms with Crippen molar-refractivity contribution in [3.63, 3.8) is 0 Å². The Bertz CT molecular complexity index is 593. The smallest absolute Gasteiger partial charge is 0.326 e. The number of hydrogen-bond donors (Lipinski definition) is 7. The van der Waals surface area contributed by atoms with Gasteiger partial charge in [-0.2, -0.15) is 0 Å². The Balaban J connectivity index is 5.17. The molecule has 3 amide bonds. The van der Waals surface area contributed by atoms with Crippen molar-refractivity contribution in [1.82, 2.24) is 16.0 Å². The van der Waals surface area contributed by atoms with E-state index in [0.717, 1.165) is 0 Å². The minimum atomic E-state index is -1.74. The fraction of sp³-hybridized carbons (Fsp3) is 0.688. The second-order valence-corrected chi connectivity index (χ2v) is 6.72. The van der Waals surface area contributed by atoms with Gasteiger partial charge in [0.15, 0.2) is 0 Å². The molecular formula is C16H28N4O8. The summed E-state index contributed by atoms with van der Waals surface area (Å²) in [7, 11) is 0. The van der Waals surface area contributed by atoms with Crippen LogP contribution in [0.25, 0.3) is 0 Å². The van der Waals surface area contributed by atoms with Crippen molar-refractivity contribution in [2.24, 2.45) is 11.7 Å². The number of nitrogens with one attached hydrogen (secondary N) is 3. The molecule has 28 heavy (non-hydrogen) atoms. The molecule has 0 aliphatic carbocycles. The number of hydrogen-bond acceptors (Lipinski definition) is 7. The molecule has 0 radical (unpaired) electrons. The van der Waals surface area contributed by atoms with Crippen LogP contribution in [0.5, 0.6) is 0 Å². The Labute approximate surface area is 161 Å². The van der Waals surface area contributed by atoms with E-state index in [9.17, 15) is 29.1 Å². The zero-order chi connectivity index (χ0) is 22.0. The molecule has 4 atom stereocenters. The first-order valence-electron chi connectivity index (χ1n) is 8.61. The fourth-order valence-electron chi connectivity index (χ4n) is 2.12. The average Bonchev–Trinajstić information content (AvgIpc) is 2.56. The Morgan fingerprint density at radius 3 is 1.68 bits per heavy atom. The maximum Gasteiger partial charge on any atom is 0.326 e. The Kier molecular flexibility index (Phi) is 10.7. The van der Waals surface area contributed by atoms with Crippen LogP contribution in [0.2, 0.25) is 0 Å². The van der Waals surface area contributed by atoms with E-state index >= 15 is 0 Å². The molecule has 0 aromatic rings. The van der Waals surface area contributed by atoms with Gasteiger partial charge < -0.3 is 37.0 Å². The number of aliphatic hydroxyl groups excluding tert-OH is 1. The average molecular weight is 404 g/mol. The van der Waals surface area contributed by atoms with Crippen LogP contribution in [0.15, 0.2) is 0 Å². The number of carboxylic acid groups (broad SMARTS) is 2. The monoisotopic (exact) mass is 404 g/mol. The molecule has 8 N–H and O–H groups in total. The highest BCUT2D eigenvalue weighted by atomic mass is 16.4. The Hall–Kier alpha value is -2.73. The Morgan fingerprint density at radius 2 is 1.29 bits per heavy atom. The van der Waals surface area contributed by atoms with E-state index in [1.54, 1.807) is 13.8 Å². The maximum absolute atomic E-state index is 12.4. The molecule has 0 aromatic heterocycles. The van der Waals surface area contributed by atoms with Crippen molar-refractivity contribution >= 4 is 29.7 Å². The van der Waals surface area contributed by atoms with Crippen LogP contribution >= 0.6 is 0 Å². The lowest BCUT2D eigenvalue weighted by Gasteiger charge is -2.24. The van der Waals surface area contributed by atoms with Crippen LogP contribution in [-0.4, -0.2) is 75.8 Å². The zero-order valence-electron chi connectivity index (χ0n) is 16.0. The number of carbonyl (C=O) groups excluding carboxylic acids is 3. The molecule has 0 bridgehead atoms. The first kappa shape index (κ1) is 25.3. The van der Waals surface area contributed by atoms with Gasteiger partial charge in [0.2, 0.25) is 17.7 Å². The summed E-state index contributed by atoms with van der Waals surface area (Å²) >= 11 is 0. The van der Waals surface area contributed by atoms with Crippen LogP contribution in [0.3, 0.4) is 0 Å². The standard InChI is InChI=1S/C16H28N4O8/c1-7(2)4-9(18-13(24)8(3)17)14(25)20-11(6-21)15(26)19-10(16(27)28)5-12(22)23/h7-11,21H,4-6,17H2,1-3H3,(H,18,24)(H,19,26)(H,20,25)(H,22,23)(H,27,28). The van der Waals surface area contributed by atoms with Crippen molar-refractivity contribution in [3.05, 3.63) is 0 Å². The van der Waals surface area contributed by atoms with Gasteiger partial charge >= 0.3 is 11.9 Å². The third-order valence-corrected chi connectivity index (χ3v) is 3.56. The number of aliphatic hydroxyl groups is 1. The summed E-state index contributed by atoms with van der Waals surface area (Å²) in [5.41, 5.74) is 5.46. The van der Waals surface area contributed by atoms with Crippen LogP contribution in [0.4, 0.5) is 0 Å². The summed E-state index contributed by atoms with van der Waals surface area (Å²) in [4.78, 5) is 58.1. The van der Waals surface area contributed by atoms with Gasteiger partial charge in [0.1, 0.15) is 18.1 Å². The van der Waals surface area contributed by atoms with Gasteiger partial charge in [0.05, 0.1) is 19.1 Å². The number of rotatable bonds is 12. The second kappa shape index (κ2) is 11.9. The fourth-order valence-corrected chi connectivity index (χ4v) is 2.12. The lowest BCUT2D eigenvalue weighted by atomic mass is 10.0. The molecule has 0 aromatic carbocycles. The first-order valence-corrected chi connectivity index (χ1v) is 8.61. The van der Waals surface area contributed by atoms with E-state index in [4.69, 9.17) is 15.9 Å². The molecule has 12 nitrogen and oxygen atoms in total. The van der Waals surface area contributed by atoms with Gasteiger partial charge in [-0.05, 0) is 19.3 Å². The first-order chi connectivity index (χ1) is 12.9. The molecule has 160 valence electrons. The van der Waals surface area contributed by atoms with Crippen molar-refractivity contribution in [1.29, 1.82) is 0 Å². The van der Waals surface area contributed by atoms with Crippen molar-refractivity contribution < 1.29 is 39.3 Å². The predicted octanol–water partition coefficient (Wildman–Crippen LogP) is -2.61. The third-order valence-electron chi connectivity index (χ3n) is 3.56. The van der Waals surface area contributed by atoms with E-state index in [0.29, 0.717) is 0 Å². The van der Waals surface area contributed by atoms with E-state index in [1.807, 2.05) is 5.32 Å². The normalized spacial score (nSPS) is 15.1. The molecule has 0 heterocycles. The summed E-state index contributed by atoms with van der Waals surface area (Å²) in [5.74, 6) is -5.47. The number of carboxylic acids is 2. The number of amides is 3. The lowest BCUT2D eigenvalue weighted by Crippen LogP contribution is -2.58. The molecular weight excluding hydrogens is 376 g/mol. The molecule has 0 aliphatic heterocycles. The highest BCUT2D eigenvalue weighted by Crippen LogP contribution is 2.06. The van der Waals surface area contributed by atoms with Crippen LogP contribution < -0.4 is 21.7 Å². The number of carbonyl (C=O) groups is 5. The maximum atomic E-state index is 12.4. The van der Waals surface area contributed by atoms with E-state index in [1.165, 1.54) is 6.92 Å². The molecule has 4 unspecified atom stereocenters. The van der Waals surface area contributed by atoms with E-state index < -0.39 is 66.9 Å². The summed E-state index contributed by atoms with van der Waals surface area (Å²) in [6.07, 6.45) is -0.658. The number of nitrogens with two attached hydrogens (primary N) is 1. The Morgan fingerprint density at radius 1 is 0.821 bits per heavy atom. The van der Waals surface area contributed by atoms with Gasteiger partial charge in [-0.1, -0.05) is 13.8 Å². The lowest BCUT2D eigenvalue weighted by molar-refractivity contribution is -0.147. The predicted molar refractivity (Wildman–Crippen MR) is 95.9 cm³/mol. The molecule has 0 fully saturated rings. The van der Waals surface area contributed by atoms with Gasteiger partial charge in [-0.15, -0.1) is 0 Å². The zero-order valence-corrected chi connectivity index (χ0v) is 16.0. The highest BCUT2D eigenvalue weighted by molar-refractivity contribution is 5.94. The third kappa shape index (κ3) is 9.28. The SMILES string of the molecule is CC(C)CC(NC(=O)C(C)N)C(=O)NC(CO)C(=O)NC(CC(=O)O)C(=O)O. The largest absolute Gasteiger partial charge is 0.481 e. The molecule has 12 heteroatoms. The molecule has 0 aliphatic rings. The van der Waals surface area contributed by atoms with Gasteiger partial charge in [0, 0.05) is 0 Å². The second-order valence-electron chi connectivity index (χ2n) is 6.72. The highest BCUT2D eigenvalue weighted by Gasteiger charge is 2.30. The summed E-state index contributed by atoms with van der Waals surface area (Å²) in [5, 5.41) is 33.6. The molecule has 0 saturated heterocycles. The molecule has 0 spiro atoms. The van der Waals surface area contributed by atoms with Crippen molar-refractivity contribution in [2.45, 2.75) is 57.8 Å². The van der Waals surface area contributed by atoms with Crippen LogP contribution in [-0.2, 0) is 24.0 Å².